The first-order chi connectivity index (χ1) is 13.0. The van der Waals surface area contributed by atoms with Gasteiger partial charge in [0.25, 0.3) is 5.91 Å². The van der Waals surface area contributed by atoms with Crippen LogP contribution in [0.4, 0.5) is 5.69 Å². The third kappa shape index (κ3) is 3.06. The SMILES string of the molecule is Cl.O=C1CCC(N2Cc3ccc(N4CCC5(CCNC5)C4)cc3C2=O)C(=O)N1. The fourth-order valence-corrected chi connectivity index (χ4v) is 5.04. The Hall–Kier alpha value is -2.12. The average Bonchev–Trinajstić information content (AvgIpc) is 3.36. The lowest BCUT2D eigenvalue weighted by Gasteiger charge is -2.29. The molecule has 0 bridgehead atoms. The normalized spacial score (nSPS) is 29.3. The fourth-order valence-electron chi connectivity index (χ4n) is 5.04. The van der Waals surface area contributed by atoms with Crippen molar-refractivity contribution in [2.75, 3.05) is 31.1 Å². The van der Waals surface area contributed by atoms with E-state index < -0.39 is 6.04 Å². The van der Waals surface area contributed by atoms with E-state index in [2.05, 4.69) is 21.6 Å². The van der Waals surface area contributed by atoms with Crippen molar-refractivity contribution in [3.8, 4) is 0 Å². The third-order valence-corrected chi connectivity index (χ3v) is 6.65. The number of nitrogens with one attached hydrogen (secondary N) is 2. The van der Waals surface area contributed by atoms with Gasteiger partial charge in [0.1, 0.15) is 6.04 Å². The van der Waals surface area contributed by atoms with Crippen molar-refractivity contribution < 1.29 is 14.4 Å². The highest BCUT2D eigenvalue weighted by Gasteiger charge is 2.42. The molecule has 0 saturated carbocycles. The van der Waals surface area contributed by atoms with Gasteiger partial charge in [0, 0.05) is 49.3 Å². The molecule has 5 rings (SSSR count). The van der Waals surface area contributed by atoms with E-state index in [4.69, 9.17) is 0 Å². The number of imide groups is 1. The summed E-state index contributed by atoms with van der Waals surface area (Å²) < 4.78 is 0. The molecule has 28 heavy (non-hydrogen) atoms. The molecule has 2 unspecified atom stereocenters. The van der Waals surface area contributed by atoms with Crippen LogP contribution in [0.2, 0.25) is 0 Å². The quantitative estimate of drug-likeness (QED) is 0.720. The van der Waals surface area contributed by atoms with E-state index in [-0.39, 0.29) is 36.5 Å². The highest BCUT2D eigenvalue weighted by Crippen LogP contribution is 2.39. The Bertz CT molecular complexity index is 837. The molecule has 1 aromatic carbocycles. The molecule has 8 heteroatoms. The Morgan fingerprint density at radius 3 is 2.75 bits per heavy atom. The summed E-state index contributed by atoms with van der Waals surface area (Å²) in [4.78, 5) is 40.5. The van der Waals surface area contributed by atoms with Crippen LogP contribution in [0.1, 0.15) is 41.6 Å². The highest BCUT2D eigenvalue weighted by atomic mass is 35.5. The van der Waals surface area contributed by atoms with E-state index in [0.717, 1.165) is 37.4 Å². The molecule has 4 aliphatic rings. The zero-order valence-electron chi connectivity index (χ0n) is 15.7. The minimum atomic E-state index is -0.550. The van der Waals surface area contributed by atoms with Crippen molar-refractivity contribution in [1.82, 2.24) is 15.5 Å². The van der Waals surface area contributed by atoms with Crippen molar-refractivity contribution in [2.45, 2.75) is 38.3 Å². The van der Waals surface area contributed by atoms with Gasteiger partial charge in [-0.3, -0.25) is 19.7 Å². The van der Waals surface area contributed by atoms with Crippen LogP contribution >= 0.6 is 12.4 Å². The second-order valence-electron chi connectivity index (χ2n) is 8.34. The van der Waals surface area contributed by atoms with Gasteiger partial charge in [-0.1, -0.05) is 6.07 Å². The van der Waals surface area contributed by atoms with E-state index in [1.807, 2.05) is 12.1 Å². The van der Waals surface area contributed by atoms with Crippen LogP contribution in [0.15, 0.2) is 18.2 Å². The second-order valence-corrected chi connectivity index (χ2v) is 8.34. The van der Waals surface area contributed by atoms with Gasteiger partial charge >= 0.3 is 0 Å². The zero-order valence-corrected chi connectivity index (χ0v) is 16.5. The van der Waals surface area contributed by atoms with Crippen LogP contribution in [0.3, 0.4) is 0 Å². The van der Waals surface area contributed by atoms with Gasteiger partial charge in [-0.25, -0.2) is 0 Å². The van der Waals surface area contributed by atoms with Crippen molar-refractivity contribution in [3.63, 3.8) is 0 Å². The van der Waals surface area contributed by atoms with Gasteiger partial charge in [0.15, 0.2) is 0 Å². The van der Waals surface area contributed by atoms with Gasteiger partial charge in [0.05, 0.1) is 0 Å². The van der Waals surface area contributed by atoms with Crippen molar-refractivity contribution in [2.24, 2.45) is 5.41 Å². The molecule has 0 radical (unpaired) electrons. The van der Waals surface area contributed by atoms with E-state index in [9.17, 15) is 14.4 Å². The molecule has 3 saturated heterocycles. The molecule has 1 spiro atoms. The summed E-state index contributed by atoms with van der Waals surface area (Å²) in [6, 6.07) is 5.56. The Kier molecular flexibility index (Phi) is 4.83. The Morgan fingerprint density at radius 2 is 2.00 bits per heavy atom. The molecule has 4 heterocycles. The van der Waals surface area contributed by atoms with Gasteiger partial charge < -0.3 is 15.1 Å². The van der Waals surface area contributed by atoms with Gasteiger partial charge in [-0.2, -0.15) is 0 Å². The Labute approximate surface area is 170 Å². The number of halogens is 1. The Balaban J connectivity index is 0.00000192. The molecule has 0 aromatic heterocycles. The van der Waals surface area contributed by atoms with Crippen molar-refractivity contribution >= 4 is 35.8 Å². The molecule has 1 aromatic rings. The first-order valence-corrected chi connectivity index (χ1v) is 9.78. The lowest BCUT2D eigenvalue weighted by molar-refractivity contribution is -0.136. The highest BCUT2D eigenvalue weighted by molar-refractivity contribution is 6.05. The summed E-state index contributed by atoms with van der Waals surface area (Å²) in [5, 5.41) is 5.83. The number of hydrogen-bond acceptors (Lipinski definition) is 5. The average molecular weight is 405 g/mol. The summed E-state index contributed by atoms with van der Waals surface area (Å²) in [6.07, 6.45) is 3.09. The van der Waals surface area contributed by atoms with E-state index in [1.165, 1.54) is 12.8 Å². The Morgan fingerprint density at radius 1 is 1.14 bits per heavy atom. The van der Waals surface area contributed by atoms with E-state index in [0.29, 0.717) is 23.9 Å². The maximum atomic E-state index is 13.0. The molecule has 150 valence electrons. The summed E-state index contributed by atoms with van der Waals surface area (Å²) in [5.41, 5.74) is 3.13. The van der Waals surface area contributed by atoms with Crippen LogP contribution in [0.25, 0.3) is 0 Å². The first-order valence-electron chi connectivity index (χ1n) is 9.78. The smallest absolute Gasteiger partial charge is 0.255 e. The predicted octanol–water partition coefficient (Wildman–Crippen LogP) is 1.06. The number of hydrogen-bond donors (Lipinski definition) is 2. The molecule has 2 atom stereocenters. The maximum Gasteiger partial charge on any atom is 0.255 e. The number of fused-ring (bicyclic) bond motifs is 1. The number of anilines is 1. The zero-order chi connectivity index (χ0) is 18.6. The summed E-state index contributed by atoms with van der Waals surface area (Å²) in [5.74, 6) is -0.715. The molecule has 7 nitrogen and oxygen atoms in total. The lowest BCUT2D eigenvalue weighted by Crippen LogP contribution is -2.52. The number of carbonyl (C=O) groups is 3. The van der Waals surface area contributed by atoms with Gasteiger partial charge in [-0.05, 0) is 43.5 Å². The summed E-state index contributed by atoms with van der Waals surface area (Å²) in [6.45, 7) is 4.66. The number of rotatable bonds is 2. The number of nitrogens with zero attached hydrogens (tertiary/aromatic N) is 2. The van der Waals surface area contributed by atoms with Crippen LogP contribution in [0.5, 0.6) is 0 Å². The number of piperidine rings is 1. The number of benzene rings is 1. The standard InChI is InChI=1S/C20H24N4O3.ClH/c25-17-4-3-16(18(26)22-17)24-10-13-1-2-14(9-15(13)19(24)27)23-8-6-20(12-23)5-7-21-11-20;/h1-2,9,16,21H,3-8,10-12H2,(H,22,25,26);1H. The minimum Gasteiger partial charge on any atom is -0.371 e. The number of amides is 3. The number of carbonyl (C=O) groups excluding carboxylic acids is 3. The largest absolute Gasteiger partial charge is 0.371 e. The third-order valence-electron chi connectivity index (χ3n) is 6.65. The second kappa shape index (κ2) is 7.04. The first kappa shape index (κ1) is 19.2. The topological polar surface area (TPSA) is 81.8 Å². The molecular formula is C20H25ClN4O3. The van der Waals surface area contributed by atoms with Crippen molar-refractivity contribution in [1.29, 1.82) is 0 Å². The molecule has 0 aliphatic carbocycles. The molecular weight excluding hydrogens is 380 g/mol. The fraction of sp³-hybridized carbons (Fsp3) is 0.550. The minimum absolute atomic E-state index is 0. The summed E-state index contributed by atoms with van der Waals surface area (Å²) in [7, 11) is 0. The van der Waals surface area contributed by atoms with Gasteiger partial charge in [0.2, 0.25) is 11.8 Å². The molecule has 4 aliphatic heterocycles. The van der Waals surface area contributed by atoms with E-state index >= 15 is 0 Å². The molecule has 2 N–H and O–H groups in total. The van der Waals surface area contributed by atoms with E-state index in [1.54, 1.807) is 4.90 Å². The van der Waals surface area contributed by atoms with Crippen molar-refractivity contribution in [3.05, 3.63) is 29.3 Å². The van der Waals surface area contributed by atoms with Gasteiger partial charge in [-0.15, -0.1) is 12.4 Å². The van der Waals surface area contributed by atoms with Crippen LogP contribution < -0.4 is 15.5 Å². The monoisotopic (exact) mass is 404 g/mol. The van der Waals surface area contributed by atoms with Crippen LogP contribution in [-0.4, -0.2) is 54.8 Å². The van der Waals surface area contributed by atoms with Crippen LogP contribution in [0, 0.1) is 5.41 Å². The predicted molar refractivity (Wildman–Crippen MR) is 106 cm³/mol. The molecule has 3 amide bonds. The molecule has 3 fully saturated rings. The summed E-state index contributed by atoms with van der Waals surface area (Å²) >= 11 is 0. The maximum absolute atomic E-state index is 13.0. The lowest BCUT2D eigenvalue weighted by atomic mass is 9.86. The van der Waals surface area contributed by atoms with Crippen LogP contribution in [-0.2, 0) is 16.1 Å².